The summed E-state index contributed by atoms with van der Waals surface area (Å²) in [6.07, 6.45) is -3.18. The molecule has 0 saturated carbocycles. The summed E-state index contributed by atoms with van der Waals surface area (Å²) in [5.74, 6) is -0.699. The minimum absolute atomic E-state index is 0.0324. The van der Waals surface area contributed by atoms with E-state index in [9.17, 15) is 18.0 Å². The molecule has 1 amide bonds. The van der Waals surface area contributed by atoms with E-state index in [2.05, 4.69) is 14.7 Å². The molecular formula is C9H11F3N4O2. The summed E-state index contributed by atoms with van der Waals surface area (Å²) in [5.41, 5.74) is 10.4. The SMILES string of the molecule is NC(=O)c1cnc(CCOCC(F)(F)F)nc1N. The van der Waals surface area contributed by atoms with Crippen LogP contribution in [0.1, 0.15) is 16.2 Å². The van der Waals surface area contributed by atoms with Crippen molar-refractivity contribution in [3.63, 3.8) is 0 Å². The Morgan fingerprint density at radius 3 is 2.61 bits per heavy atom. The minimum atomic E-state index is -4.37. The van der Waals surface area contributed by atoms with Crippen molar-refractivity contribution >= 4 is 11.7 Å². The van der Waals surface area contributed by atoms with Crippen LogP contribution in [0.3, 0.4) is 0 Å². The number of primary amides is 1. The summed E-state index contributed by atoms with van der Waals surface area (Å²) >= 11 is 0. The average molecular weight is 264 g/mol. The molecule has 18 heavy (non-hydrogen) atoms. The van der Waals surface area contributed by atoms with Crippen LogP contribution in [0.4, 0.5) is 19.0 Å². The maximum absolute atomic E-state index is 11.8. The zero-order valence-corrected chi connectivity index (χ0v) is 9.20. The number of nitrogens with zero attached hydrogens (tertiary/aromatic N) is 2. The van der Waals surface area contributed by atoms with Gasteiger partial charge in [-0.15, -0.1) is 0 Å². The van der Waals surface area contributed by atoms with Gasteiger partial charge in [-0.3, -0.25) is 4.79 Å². The number of carbonyl (C=O) groups is 1. The number of hydrogen-bond acceptors (Lipinski definition) is 5. The first-order valence-electron chi connectivity index (χ1n) is 4.85. The number of rotatable bonds is 5. The molecule has 6 nitrogen and oxygen atoms in total. The molecule has 0 fully saturated rings. The lowest BCUT2D eigenvalue weighted by Crippen LogP contribution is -2.19. The molecule has 9 heteroatoms. The molecule has 0 aliphatic rings. The fourth-order valence-corrected chi connectivity index (χ4v) is 1.09. The highest BCUT2D eigenvalue weighted by Gasteiger charge is 2.27. The third kappa shape index (κ3) is 4.53. The summed E-state index contributed by atoms with van der Waals surface area (Å²) in [7, 11) is 0. The number of carbonyl (C=O) groups excluding carboxylic acids is 1. The summed E-state index contributed by atoms with van der Waals surface area (Å²) in [5, 5.41) is 0. The van der Waals surface area contributed by atoms with Crippen LogP contribution in [-0.2, 0) is 11.2 Å². The second-order valence-corrected chi connectivity index (χ2v) is 3.37. The molecule has 4 N–H and O–H groups in total. The predicted molar refractivity (Wildman–Crippen MR) is 55.5 cm³/mol. The highest BCUT2D eigenvalue weighted by molar-refractivity contribution is 5.96. The summed E-state index contributed by atoms with van der Waals surface area (Å²) in [4.78, 5) is 18.3. The van der Waals surface area contributed by atoms with Gasteiger partial charge in [-0.1, -0.05) is 0 Å². The fourth-order valence-electron chi connectivity index (χ4n) is 1.09. The van der Waals surface area contributed by atoms with E-state index >= 15 is 0 Å². The third-order valence-electron chi connectivity index (χ3n) is 1.87. The molecule has 0 unspecified atom stereocenters. The molecule has 0 aromatic carbocycles. The van der Waals surface area contributed by atoms with Crippen molar-refractivity contribution in [2.75, 3.05) is 18.9 Å². The van der Waals surface area contributed by atoms with Gasteiger partial charge in [-0.05, 0) is 0 Å². The van der Waals surface area contributed by atoms with Gasteiger partial charge in [0.2, 0.25) is 0 Å². The van der Waals surface area contributed by atoms with Crippen molar-refractivity contribution < 1.29 is 22.7 Å². The van der Waals surface area contributed by atoms with E-state index in [4.69, 9.17) is 11.5 Å². The van der Waals surface area contributed by atoms with Gasteiger partial charge < -0.3 is 16.2 Å². The van der Waals surface area contributed by atoms with E-state index < -0.39 is 18.7 Å². The van der Waals surface area contributed by atoms with Crippen molar-refractivity contribution in [2.24, 2.45) is 5.73 Å². The molecule has 1 rings (SSSR count). The molecule has 100 valence electrons. The highest BCUT2D eigenvalue weighted by Crippen LogP contribution is 2.14. The smallest absolute Gasteiger partial charge is 0.383 e. The van der Waals surface area contributed by atoms with Crippen LogP contribution < -0.4 is 11.5 Å². The molecule has 1 aromatic heterocycles. The number of aromatic nitrogens is 2. The molecule has 0 atom stereocenters. The van der Waals surface area contributed by atoms with E-state index in [1.165, 1.54) is 0 Å². The molecule has 0 aliphatic heterocycles. The largest absolute Gasteiger partial charge is 0.411 e. The lowest BCUT2D eigenvalue weighted by molar-refractivity contribution is -0.173. The topological polar surface area (TPSA) is 104 Å². The summed E-state index contributed by atoms with van der Waals surface area (Å²) in [6, 6.07) is 0. The molecule has 1 heterocycles. The van der Waals surface area contributed by atoms with E-state index in [1.54, 1.807) is 0 Å². The second kappa shape index (κ2) is 5.63. The van der Waals surface area contributed by atoms with Crippen LogP contribution in [0.15, 0.2) is 6.20 Å². The van der Waals surface area contributed by atoms with Gasteiger partial charge in [-0.25, -0.2) is 9.97 Å². The number of nitrogens with two attached hydrogens (primary N) is 2. The zero-order chi connectivity index (χ0) is 13.8. The first kappa shape index (κ1) is 14.2. The Bertz CT molecular complexity index is 436. The maximum atomic E-state index is 11.8. The number of anilines is 1. The molecule has 0 radical (unpaired) electrons. The lowest BCUT2D eigenvalue weighted by atomic mass is 10.3. The summed E-state index contributed by atoms with van der Waals surface area (Å²) in [6.45, 7) is -1.53. The number of amides is 1. The number of nitrogen functional groups attached to an aromatic ring is 1. The highest BCUT2D eigenvalue weighted by atomic mass is 19.4. The molecule has 0 spiro atoms. The van der Waals surface area contributed by atoms with Crippen LogP contribution in [0, 0.1) is 0 Å². The van der Waals surface area contributed by atoms with E-state index in [0.29, 0.717) is 0 Å². The first-order valence-corrected chi connectivity index (χ1v) is 4.85. The number of ether oxygens (including phenoxy) is 1. The fraction of sp³-hybridized carbons (Fsp3) is 0.444. The Labute approximate surface area is 100 Å². The Kier molecular flexibility index (Phi) is 4.43. The van der Waals surface area contributed by atoms with Crippen molar-refractivity contribution in [2.45, 2.75) is 12.6 Å². The van der Waals surface area contributed by atoms with Gasteiger partial charge in [0.15, 0.2) is 0 Å². The van der Waals surface area contributed by atoms with Crippen LogP contribution in [-0.4, -0.2) is 35.3 Å². The predicted octanol–water partition coefficient (Wildman–Crippen LogP) is 0.279. The summed E-state index contributed by atoms with van der Waals surface area (Å²) < 4.78 is 39.7. The van der Waals surface area contributed by atoms with Gasteiger partial charge in [0.05, 0.1) is 12.2 Å². The Morgan fingerprint density at radius 1 is 1.44 bits per heavy atom. The molecule has 0 bridgehead atoms. The van der Waals surface area contributed by atoms with Crippen LogP contribution >= 0.6 is 0 Å². The Hall–Kier alpha value is -1.90. The Morgan fingerprint density at radius 2 is 2.11 bits per heavy atom. The van der Waals surface area contributed by atoms with Crippen LogP contribution in [0.25, 0.3) is 0 Å². The van der Waals surface area contributed by atoms with Gasteiger partial charge in [0.25, 0.3) is 5.91 Å². The second-order valence-electron chi connectivity index (χ2n) is 3.37. The number of halogens is 3. The van der Waals surface area contributed by atoms with E-state index in [1.807, 2.05) is 0 Å². The van der Waals surface area contributed by atoms with Gasteiger partial charge in [0, 0.05) is 12.6 Å². The molecular weight excluding hydrogens is 253 g/mol. The Balaban J connectivity index is 2.49. The van der Waals surface area contributed by atoms with Crippen molar-refractivity contribution in [3.05, 3.63) is 17.6 Å². The third-order valence-corrected chi connectivity index (χ3v) is 1.87. The monoisotopic (exact) mass is 264 g/mol. The van der Waals surface area contributed by atoms with Gasteiger partial charge in [-0.2, -0.15) is 13.2 Å². The standard InChI is InChI=1S/C9H11F3N4O2/c10-9(11,12)4-18-2-1-6-15-3-5(8(14)17)7(13)16-6/h3H,1-2,4H2,(H2,14,17)(H2,13,15,16). The minimum Gasteiger partial charge on any atom is -0.383 e. The van der Waals surface area contributed by atoms with Crippen LogP contribution in [0.2, 0.25) is 0 Å². The molecule has 0 saturated heterocycles. The van der Waals surface area contributed by atoms with E-state index in [-0.39, 0.29) is 30.2 Å². The maximum Gasteiger partial charge on any atom is 0.411 e. The first-order chi connectivity index (χ1) is 8.29. The van der Waals surface area contributed by atoms with Crippen molar-refractivity contribution in [1.29, 1.82) is 0 Å². The van der Waals surface area contributed by atoms with Gasteiger partial charge in [0.1, 0.15) is 18.2 Å². The zero-order valence-electron chi connectivity index (χ0n) is 9.20. The number of alkyl halides is 3. The van der Waals surface area contributed by atoms with Gasteiger partial charge >= 0.3 is 6.18 Å². The van der Waals surface area contributed by atoms with E-state index in [0.717, 1.165) is 6.20 Å². The normalized spacial score (nSPS) is 11.5. The quantitative estimate of drug-likeness (QED) is 0.743. The van der Waals surface area contributed by atoms with Crippen molar-refractivity contribution in [1.82, 2.24) is 9.97 Å². The molecule has 1 aromatic rings. The lowest BCUT2D eigenvalue weighted by Gasteiger charge is -2.07. The van der Waals surface area contributed by atoms with Crippen LogP contribution in [0.5, 0.6) is 0 Å². The number of hydrogen-bond donors (Lipinski definition) is 2. The van der Waals surface area contributed by atoms with Crippen molar-refractivity contribution in [3.8, 4) is 0 Å². The average Bonchev–Trinajstić information content (AvgIpc) is 2.22. The molecule has 0 aliphatic carbocycles.